The summed E-state index contributed by atoms with van der Waals surface area (Å²) in [5.41, 5.74) is 0.692. The number of ether oxygens (including phenoxy) is 1. The van der Waals surface area contributed by atoms with Crippen LogP contribution in [-0.2, 0) is 20.9 Å². The van der Waals surface area contributed by atoms with Crippen molar-refractivity contribution in [3.63, 3.8) is 0 Å². The van der Waals surface area contributed by atoms with Crippen molar-refractivity contribution in [2.75, 3.05) is 24.7 Å². The third-order valence-corrected chi connectivity index (χ3v) is 5.10. The Labute approximate surface area is 164 Å². The highest BCUT2D eigenvalue weighted by molar-refractivity contribution is 6.30. The van der Waals surface area contributed by atoms with Gasteiger partial charge in [0.2, 0.25) is 5.91 Å². The third kappa shape index (κ3) is 3.45. The van der Waals surface area contributed by atoms with Crippen molar-refractivity contribution in [2.24, 2.45) is 5.92 Å². The van der Waals surface area contributed by atoms with Crippen molar-refractivity contribution in [3.8, 4) is 0 Å². The van der Waals surface area contributed by atoms with Crippen LogP contribution in [0.5, 0.6) is 0 Å². The molecular weight excluding hydrogens is 392 g/mol. The highest BCUT2D eigenvalue weighted by Gasteiger charge is 2.47. The lowest BCUT2D eigenvalue weighted by molar-refractivity contribution is -0.155. The molecule has 2 aliphatic heterocycles. The predicted octanol–water partition coefficient (Wildman–Crippen LogP) is 2.40. The third-order valence-electron chi connectivity index (χ3n) is 4.89. The number of amides is 2. The number of carbonyl (C=O) groups excluding carboxylic acids is 2. The van der Waals surface area contributed by atoms with Gasteiger partial charge >= 0.3 is 0 Å². The van der Waals surface area contributed by atoms with E-state index in [4.69, 9.17) is 16.3 Å². The summed E-state index contributed by atoms with van der Waals surface area (Å²) in [6.45, 7) is 0.466. The number of pyridine rings is 1. The lowest BCUT2D eigenvalue weighted by atomic mass is 9.92. The number of aromatic nitrogens is 1. The van der Waals surface area contributed by atoms with Gasteiger partial charge in [0.05, 0.1) is 18.2 Å². The molecule has 0 aliphatic carbocycles. The van der Waals surface area contributed by atoms with Gasteiger partial charge in [-0.25, -0.2) is 13.8 Å². The van der Waals surface area contributed by atoms with Crippen molar-refractivity contribution in [1.82, 2.24) is 9.88 Å². The van der Waals surface area contributed by atoms with Crippen molar-refractivity contribution < 1.29 is 23.1 Å². The molecule has 0 N–H and O–H groups in total. The largest absolute Gasteiger partial charge is 0.380 e. The summed E-state index contributed by atoms with van der Waals surface area (Å²) in [6, 6.07) is 5.96. The minimum Gasteiger partial charge on any atom is -0.380 e. The SMILES string of the molecule is O=C1C(C2COC2)N(Cc2ccc(F)cc2)C(=O)CN1c1ncc(Cl)cc1F. The van der Waals surface area contributed by atoms with Crippen molar-refractivity contribution in [2.45, 2.75) is 12.6 Å². The van der Waals surface area contributed by atoms with Crippen LogP contribution in [0.2, 0.25) is 5.02 Å². The van der Waals surface area contributed by atoms with E-state index in [9.17, 15) is 18.4 Å². The van der Waals surface area contributed by atoms with Gasteiger partial charge < -0.3 is 9.64 Å². The number of carbonyl (C=O) groups is 2. The van der Waals surface area contributed by atoms with Gasteiger partial charge in [-0.3, -0.25) is 14.5 Å². The van der Waals surface area contributed by atoms with Crippen LogP contribution in [0.25, 0.3) is 0 Å². The molecule has 3 heterocycles. The van der Waals surface area contributed by atoms with Gasteiger partial charge in [0, 0.05) is 18.7 Å². The fraction of sp³-hybridized carbons (Fsp3) is 0.316. The minimum absolute atomic E-state index is 0.0962. The Morgan fingerprint density at radius 2 is 1.89 bits per heavy atom. The second kappa shape index (κ2) is 7.44. The van der Waals surface area contributed by atoms with E-state index in [1.165, 1.54) is 23.2 Å². The zero-order valence-electron chi connectivity index (χ0n) is 14.6. The van der Waals surface area contributed by atoms with Crippen LogP contribution in [0.1, 0.15) is 5.56 Å². The average Bonchev–Trinajstić information content (AvgIpc) is 2.61. The zero-order valence-corrected chi connectivity index (χ0v) is 15.4. The predicted molar refractivity (Wildman–Crippen MR) is 96.6 cm³/mol. The lowest BCUT2D eigenvalue weighted by Crippen LogP contribution is -2.65. The van der Waals surface area contributed by atoms with E-state index in [1.54, 1.807) is 12.1 Å². The van der Waals surface area contributed by atoms with E-state index >= 15 is 0 Å². The van der Waals surface area contributed by atoms with E-state index in [1.807, 2.05) is 0 Å². The molecule has 2 fully saturated rings. The molecule has 146 valence electrons. The Balaban J connectivity index is 1.65. The van der Waals surface area contributed by atoms with Crippen LogP contribution in [0.15, 0.2) is 36.5 Å². The quantitative estimate of drug-likeness (QED) is 0.780. The molecule has 1 aromatic carbocycles. The van der Waals surface area contributed by atoms with Crippen LogP contribution in [0.4, 0.5) is 14.6 Å². The first-order valence-electron chi connectivity index (χ1n) is 8.68. The molecule has 2 amide bonds. The average molecular weight is 408 g/mol. The van der Waals surface area contributed by atoms with Crippen LogP contribution >= 0.6 is 11.6 Å². The molecule has 28 heavy (non-hydrogen) atoms. The molecule has 2 aromatic rings. The molecular formula is C19H16ClF2N3O3. The summed E-state index contributed by atoms with van der Waals surface area (Å²) >= 11 is 5.73. The zero-order chi connectivity index (χ0) is 19.8. The molecule has 2 saturated heterocycles. The highest BCUT2D eigenvalue weighted by atomic mass is 35.5. The van der Waals surface area contributed by atoms with Crippen molar-refractivity contribution >= 4 is 29.2 Å². The molecule has 6 nitrogen and oxygen atoms in total. The first kappa shape index (κ1) is 18.8. The molecule has 2 aliphatic rings. The lowest BCUT2D eigenvalue weighted by Gasteiger charge is -2.45. The standard InChI is InChI=1S/C19H16ClF2N3O3/c20-13-5-15(22)18(23-6-13)25-8-16(26)24(7-11-1-3-14(21)4-2-11)17(19(25)27)12-9-28-10-12/h1-6,12,17H,7-10H2. The van der Waals surface area contributed by atoms with Crippen LogP contribution < -0.4 is 4.90 Å². The number of benzene rings is 1. The van der Waals surface area contributed by atoms with E-state index in [0.717, 1.165) is 11.0 Å². The summed E-state index contributed by atoms with van der Waals surface area (Å²) in [4.78, 5) is 32.4. The number of halogens is 3. The summed E-state index contributed by atoms with van der Waals surface area (Å²) in [5.74, 6) is -2.36. The number of anilines is 1. The second-order valence-electron chi connectivity index (χ2n) is 6.77. The van der Waals surface area contributed by atoms with E-state index in [-0.39, 0.29) is 41.6 Å². The molecule has 0 bridgehead atoms. The van der Waals surface area contributed by atoms with Gasteiger partial charge in [-0.2, -0.15) is 0 Å². The number of rotatable bonds is 4. The fourth-order valence-corrected chi connectivity index (χ4v) is 3.55. The molecule has 0 saturated carbocycles. The Morgan fingerprint density at radius 3 is 2.50 bits per heavy atom. The number of hydrogen-bond acceptors (Lipinski definition) is 4. The van der Waals surface area contributed by atoms with Gasteiger partial charge in [0.1, 0.15) is 18.4 Å². The summed E-state index contributed by atoms with van der Waals surface area (Å²) < 4.78 is 32.7. The number of piperazine rings is 1. The Kier molecular flexibility index (Phi) is 4.99. The summed E-state index contributed by atoms with van der Waals surface area (Å²) in [6.07, 6.45) is 1.23. The number of hydrogen-bond donors (Lipinski definition) is 0. The highest BCUT2D eigenvalue weighted by Crippen LogP contribution is 2.30. The maximum Gasteiger partial charge on any atom is 0.251 e. The first-order chi connectivity index (χ1) is 13.4. The first-order valence-corrected chi connectivity index (χ1v) is 9.06. The molecule has 1 aromatic heterocycles. The summed E-state index contributed by atoms with van der Waals surface area (Å²) in [7, 11) is 0. The molecule has 0 radical (unpaired) electrons. The fourth-order valence-electron chi connectivity index (χ4n) is 3.40. The van der Waals surface area contributed by atoms with Gasteiger partial charge in [-0.15, -0.1) is 0 Å². The Hall–Kier alpha value is -2.58. The van der Waals surface area contributed by atoms with Gasteiger partial charge in [0.25, 0.3) is 5.91 Å². The normalized spacial score (nSPS) is 20.5. The molecule has 0 spiro atoms. The maximum absolute atomic E-state index is 14.3. The molecule has 9 heteroatoms. The van der Waals surface area contributed by atoms with E-state index in [2.05, 4.69) is 4.98 Å². The van der Waals surface area contributed by atoms with Gasteiger partial charge in [-0.1, -0.05) is 23.7 Å². The van der Waals surface area contributed by atoms with E-state index < -0.39 is 17.8 Å². The smallest absolute Gasteiger partial charge is 0.251 e. The molecule has 1 unspecified atom stereocenters. The monoisotopic (exact) mass is 407 g/mol. The van der Waals surface area contributed by atoms with Crippen molar-refractivity contribution in [3.05, 3.63) is 58.7 Å². The topological polar surface area (TPSA) is 62.7 Å². The van der Waals surface area contributed by atoms with E-state index in [0.29, 0.717) is 18.8 Å². The summed E-state index contributed by atoms with van der Waals surface area (Å²) in [5, 5.41) is 0.0962. The van der Waals surface area contributed by atoms with Gasteiger partial charge in [-0.05, 0) is 23.8 Å². The number of nitrogens with zero attached hydrogens (tertiary/aromatic N) is 3. The maximum atomic E-state index is 14.3. The minimum atomic E-state index is -0.808. The Morgan fingerprint density at radius 1 is 1.18 bits per heavy atom. The van der Waals surface area contributed by atoms with Gasteiger partial charge in [0.15, 0.2) is 11.6 Å². The Bertz CT molecular complexity index is 921. The van der Waals surface area contributed by atoms with Crippen molar-refractivity contribution in [1.29, 1.82) is 0 Å². The molecule has 4 rings (SSSR count). The van der Waals surface area contributed by atoms with Crippen LogP contribution in [-0.4, -0.2) is 47.5 Å². The van der Waals surface area contributed by atoms with Crippen LogP contribution in [0.3, 0.4) is 0 Å². The second-order valence-corrected chi connectivity index (χ2v) is 7.21. The van der Waals surface area contributed by atoms with Crippen LogP contribution in [0, 0.1) is 17.6 Å². The molecule has 1 atom stereocenters.